The van der Waals surface area contributed by atoms with Gasteiger partial charge in [0.2, 0.25) is 0 Å². The fraction of sp³-hybridized carbons (Fsp3) is 1.00. The predicted molar refractivity (Wildman–Crippen MR) is 40.1 cm³/mol. The van der Waals surface area contributed by atoms with Crippen molar-refractivity contribution in [3.05, 3.63) is 0 Å². The van der Waals surface area contributed by atoms with E-state index in [4.69, 9.17) is 4.74 Å². The number of hydrogen-bond donors (Lipinski definition) is 1. The summed E-state index contributed by atoms with van der Waals surface area (Å²) < 4.78 is 5.57. The van der Waals surface area contributed by atoms with Gasteiger partial charge in [0.05, 0.1) is 18.8 Å². The van der Waals surface area contributed by atoms with Crippen molar-refractivity contribution in [2.45, 2.75) is 31.5 Å². The number of ether oxygens (including phenoxy) is 1. The lowest BCUT2D eigenvalue weighted by molar-refractivity contribution is -0.0862. The summed E-state index contributed by atoms with van der Waals surface area (Å²) in [6, 6.07) is 0. The topological polar surface area (TPSA) is 29.5 Å². The molecule has 62 valence electrons. The van der Waals surface area contributed by atoms with Crippen LogP contribution in [0.25, 0.3) is 0 Å². The van der Waals surface area contributed by atoms with Crippen molar-refractivity contribution in [2.24, 2.45) is 17.8 Å². The second-order valence-corrected chi connectivity index (χ2v) is 4.29. The molecular formula is C9H14O2. The van der Waals surface area contributed by atoms with Crippen LogP contribution in [0.3, 0.4) is 0 Å². The van der Waals surface area contributed by atoms with Gasteiger partial charge in [-0.1, -0.05) is 0 Å². The van der Waals surface area contributed by atoms with Crippen LogP contribution in [0.2, 0.25) is 0 Å². The standard InChI is InChI=1S/C9H14O2/c10-8-5-1-2-7-6(3-5)4-11-9(7)8/h5-10H,1-4H2. The first kappa shape index (κ1) is 6.44. The molecule has 4 rings (SSSR count). The maximum atomic E-state index is 9.76. The molecule has 5 unspecified atom stereocenters. The van der Waals surface area contributed by atoms with Crippen LogP contribution in [0.4, 0.5) is 0 Å². The van der Waals surface area contributed by atoms with Crippen LogP contribution in [0.15, 0.2) is 0 Å². The lowest BCUT2D eigenvalue weighted by Crippen LogP contribution is -2.47. The highest BCUT2D eigenvalue weighted by Gasteiger charge is 2.52. The molecule has 3 saturated carbocycles. The molecule has 4 fully saturated rings. The van der Waals surface area contributed by atoms with Crippen LogP contribution >= 0.6 is 0 Å². The van der Waals surface area contributed by atoms with Crippen LogP contribution in [0, 0.1) is 17.8 Å². The van der Waals surface area contributed by atoms with Gasteiger partial charge in [-0.2, -0.15) is 0 Å². The van der Waals surface area contributed by atoms with Gasteiger partial charge in [0, 0.05) is 0 Å². The van der Waals surface area contributed by atoms with Gasteiger partial charge in [0.1, 0.15) is 0 Å². The fourth-order valence-electron chi connectivity index (χ4n) is 3.24. The Labute approximate surface area is 66.5 Å². The van der Waals surface area contributed by atoms with Crippen molar-refractivity contribution in [3.8, 4) is 0 Å². The van der Waals surface area contributed by atoms with E-state index in [-0.39, 0.29) is 12.2 Å². The van der Waals surface area contributed by atoms with Crippen LogP contribution in [-0.4, -0.2) is 23.9 Å². The summed E-state index contributed by atoms with van der Waals surface area (Å²) in [5, 5.41) is 9.76. The molecule has 4 bridgehead atoms. The van der Waals surface area contributed by atoms with Crippen molar-refractivity contribution in [2.75, 3.05) is 6.61 Å². The Hall–Kier alpha value is -0.0800. The summed E-state index contributed by atoms with van der Waals surface area (Å²) >= 11 is 0. The number of aliphatic hydroxyl groups is 1. The largest absolute Gasteiger partial charge is 0.390 e. The quantitative estimate of drug-likeness (QED) is 0.559. The van der Waals surface area contributed by atoms with Gasteiger partial charge in [-0.05, 0) is 37.0 Å². The molecule has 0 amide bonds. The van der Waals surface area contributed by atoms with Crippen molar-refractivity contribution >= 4 is 0 Å². The molecule has 0 aromatic heterocycles. The Kier molecular flexibility index (Phi) is 1.16. The molecular weight excluding hydrogens is 140 g/mol. The van der Waals surface area contributed by atoms with Crippen LogP contribution < -0.4 is 0 Å². The molecule has 0 aromatic carbocycles. The predicted octanol–water partition coefficient (Wildman–Crippen LogP) is 0.792. The highest BCUT2D eigenvalue weighted by molar-refractivity contribution is 5.01. The minimum Gasteiger partial charge on any atom is -0.390 e. The third kappa shape index (κ3) is 0.695. The maximum Gasteiger partial charge on any atom is 0.0868 e. The SMILES string of the molecule is OC1C2CCC3C(COC13)C2. The smallest absolute Gasteiger partial charge is 0.0868 e. The first-order chi connectivity index (χ1) is 5.36. The summed E-state index contributed by atoms with van der Waals surface area (Å²) in [6.45, 7) is 0.920. The minimum absolute atomic E-state index is 0.132. The average molecular weight is 154 g/mol. The lowest BCUT2D eigenvalue weighted by atomic mass is 9.63. The minimum atomic E-state index is -0.132. The van der Waals surface area contributed by atoms with Gasteiger partial charge in [-0.25, -0.2) is 0 Å². The highest BCUT2D eigenvalue weighted by atomic mass is 16.5. The third-order valence-corrected chi connectivity index (χ3v) is 3.83. The van der Waals surface area contributed by atoms with E-state index < -0.39 is 0 Å². The zero-order valence-electron chi connectivity index (χ0n) is 6.57. The van der Waals surface area contributed by atoms with Crippen LogP contribution in [0.1, 0.15) is 19.3 Å². The second kappa shape index (κ2) is 1.99. The van der Waals surface area contributed by atoms with Gasteiger partial charge in [-0.15, -0.1) is 0 Å². The summed E-state index contributed by atoms with van der Waals surface area (Å²) in [4.78, 5) is 0. The summed E-state index contributed by atoms with van der Waals surface area (Å²) in [6.07, 6.45) is 3.85. The molecule has 2 heteroatoms. The van der Waals surface area contributed by atoms with Crippen molar-refractivity contribution in [3.63, 3.8) is 0 Å². The Morgan fingerprint density at radius 1 is 1.18 bits per heavy atom. The highest BCUT2D eigenvalue weighted by Crippen LogP contribution is 2.50. The Morgan fingerprint density at radius 2 is 2.09 bits per heavy atom. The Bertz CT molecular complexity index is 176. The van der Waals surface area contributed by atoms with Crippen LogP contribution in [-0.2, 0) is 4.74 Å². The van der Waals surface area contributed by atoms with E-state index in [1.165, 1.54) is 19.3 Å². The number of aliphatic hydroxyl groups excluding tert-OH is 1. The number of rotatable bonds is 0. The molecule has 1 saturated heterocycles. The molecule has 0 aromatic rings. The van der Waals surface area contributed by atoms with Gasteiger partial charge < -0.3 is 9.84 Å². The van der Waals surface area contributed by atoms with E-state index >= 15 is 0 Å². The molecule has 0 radical (unpaired) electrons. The first-order valence-corrected chi connectivity index (χ1v) is 4.66. The molecule has 3 aliphatic carbocycles. The van der Waals surface area contributed by atoms with E-state index in [1.807, 2.05) is 0 Å². The molecule has 11 heavy (non-hydrogen) atoms. The Balaban J connectivity index is 1.96. The molecule has 1 aliphatic heterocycles. The van der Waals surface area contributed by atoms with E-state index in [1.54, 1.807) is 0 Å². The zero-order chi connectivity index (χ0) is 7.42. The normalized spacial score (nSPS) is 60.3. The Morgan fingerprint density at radius 3 is 2.91 bits per heavy atom. The monoisotopic (exact) mass is 154 g/mol. The summed E-state index contributed by atoms with van der Waals surface area (Å²) in [7, 11) is 0. The molecule has 2 nitrogen and oxygen atoms in total. The van der Waals surface area contributed by atoms with Gasteiger partial charge in [0.25, 0.3) is 0 Å². The third-order valence-electron chi connectivity index (χ3n) is 3.83. The molecule has 5 atom stereocenters. The van der Waals surface area contributed by atoms with Crippen molar-refractivity contribution in [1.29, 1.82) is 0 Å². The number of hydrogen-bond acceptors (Lipinski definition) is 2. The molecule has 1 N–H and O–H groups in total. The fourth-order valence-corrected chi connectivity index (χ4v) is 3.24. The zero-order valence-corrected chi connectivity index (χ0v) is 6.57. The maximum absolute atomic E-state index is 9.76. The van der Waals surface area contributed by atoms with E-state index in [9.17, 15) is 5.11 Å². The first-order valence-electron chi connectivity index (χ1n) is 4.66. The van der Waals surface area contributed by atoms with Gasteiger partial charge in [0.15, 0.2) is 0 Å². The molecule has 0 spiro atoms. The molecule has 4 aliphatic rings. The van der Waals surface area contributed by atoms with Gasteiger partial charge >= 0.3 is 0 Å². The summed E-state index contributed by atoms with van der Waals surface area (Å²) in [5.41, 5.74) is 0. The van der Waals surface area contributed by atoms with Crippen molar-refractivity contribution in [1.82, 2.24) is 0 Å². The average Bonchev–Trinajstić information content (AvgIpc) is 2.39. The summed E-state index contributed by atoms with van der Waals surface area (Å²) in [5.74, 6) is 2.06. The van der Waals surface area contributed by atoms with Gasteiger partial charge in [-0.3, -0.25) is 0 Å². The van der Waals surface area contributed by atoms with E-state index in [2.05, 4.69) is 0 Å². The van der Waals surface area contributed by atoms with E-state index in [0.717, 1.165) is 12.5 Å². The van der Waals surface area contributed by atoms with Crippen LogP contribution in [0.5, 0.6) is 0 Å². The van der Waals surface area contributed by atoms with Crippen molar-refractivity contribution < 1.29 is 9.84 Å². The number of fused-ring (bicyclic) bond motifs is 1. The lowest BCUT2D eigenvalue weighted by Gasteiger charge is -2.43. The molecule has 1 heterocycles. The second-order valence-electron chi connectivity index (χ2n) is 4.29. The van der Waals surface area contributed by atoms with E-state index in [0.29, 0.717) is 11.8 Å².